The maximum atomic E-state index is 13.1. The number of benzene rings is 2. The number of carbonyl (C=O) groups is 2. The molecule has 132 valence electrons. The van der Waals surface area contributed by atoms with Gasteiger partial charge in [-0.15, -0.1) is 0 Å². The van der Waals surface area contributed by atoms with Crippen molar-refractivity contribution >= 4 is 23.2 Å². The fourth-order valence-corrected chi connectivity index (χ4v) is 3.58. The van der Waals surface area contributed by atoms with Gasteiger partial charge in [-0.1, -0.05) is 17.4 Å². The Labute approximate surface area is 152 Å². The van der Waals surface area contributed by atoms with Gasteiger partial charge in [0.1, 0.15) is 0 Å². The Bertz CT molecular complexity index is 946. The van der Waals surface area contributed by atoms with E-state index in [4.69, 9.17) is 0 Å². The molecule has 0 saturated carbocycles. The Balaban J connectivity index is 1.72. The molecule has 2 aliphatic rings. The smallest absolute Gasteiger partial charge is 0.263 e. The van der Waals surface area contributed by atoms with Crippen LogP contribution in [0.3, 0.4) is 0 Å². The molecule has 6 heteroatoms. The van der Waals surface area contributed by atoms with Gasteiger partial charge in [-0.3, -0.25) is 9.59 Å². The number of carbonyl (C=O) groups excluding carboxylic acids is 2. The zero-order valence-corrected chi connectivity index (χ0v) is 15.2. The van der Waals surface area contributed by atoms with Gasteiger partial charge in [-0.25, -0.2) is 9.91 Å². The third-order valence-corrected chi connectivity index (χ3v) is 5.00. The number of amides is 2. The molecule has 0 bridgehead atoms. The highest BCUT2D eigenvalue weighted by Crippen LogP contribution is 2.35. The molecule has 26 heavy (non-hydrogen) atoms. The number of anilines is 2. The summed E-state index contributed by atoms with van der Waals surface area (Å²) in [5, 5.41) is 9.78. The van der Waals surface area contributed by atoms with Crippen LogP contribution in [0.15, 0.2) is 46.7 Å². The Hall–Kier alpha value is -3.02. The van der Waals surface area contributed by atoms with Crippen molar-refractivity contribution in [3.05, 3.63) is 58.7 Å². The highest BCUT2D eigenvalue weighted by Gasteiger charge is 2.55. The Morgan fingerprint density at radius 3 is 2.15 bits per heavy atom. The molecule has 1 saturated heterocycles. The van der Waals surface area contributed by atoms with Gasteiger partial charge >= 0.3 is 0 Å². The van der Waals surface area contributed by atoms with Crippen molar-refractivity contribution < 1.29 is 9.59 Å². The van der Waals surface area contributed by atoms with Crippen LogP contribution in [0.4, 0.5) is 11.4 Å². The van der Waals surface area contributed by atoms with E-state index >= 15 is 0 Å². The number of rotatable bonds is 2. The minimum Gasteiger partial charge on any atom is -0.271 e. The minimum atomic E-state index is -0.787. The molecular formula is C20H20N4O2. The van der Waals surface area contributed by atoms with Gasteiger partial charge in [-0.05, 0) is 74.2 Å². The Kier molecular flexibility index (Phi) is 3.64. The Morgan fingerprint density at radius 1 is 0.808 bits per heavy atom. The number of nitrogens with zero attached hydrogens (tertiary/aromatic N) is 4. The lowest BCUT2D eigenvalue weighted by Crippen LogP contribution is -2.40. The van der Waals surface area contributed by atoms with E-state index in [-0.39, 0.29) is 11.8 Å². The van der Waals surface area contributed by atoms with Crippen LogP contribution >= 0.6 is 0 Å². The summed E-state index contributed by atoms with van der Waals surface area (Å²) in [7, 11) is 0. The number of imide groups is 1. The predicted molar refractivity (Wildman–Crippen MR) is 99.2 cm³/mol. The molecule has 0 radical (unpaired) electrons. The molecule has 2 unspecified atom stereocenters. The van der Waals surface area contributed by atoms with E-state index in [1.54, 1.807) is 5.01 Å². The van der Waals surface area contributed by atoms with Gasteiger partial charge in [0.2, 0.25) is 0 Å². The molecule has 0 aromatic heterocycles. The number of hydrogen-bond donors (Lipinski definition) is 0. The lowest BCUT2D eigenvalue weighted by atomic mass is 10.1. The van der Waals surface area contributed by atoms with E-state index in [2.05, 4.69) is 10.3 Å². The van der Waals surface area contributed by atoms with Crippen molar-refractivity contribution in [2.45, 2.75) is 39.8 Å². The lowest BCUT2D eigenvalue weighted by molar-refractivity contribution is -0.121. The van der Waals surface area contributed by atoms with Crippen LogP contribution < -0.4 is 9.91 Å². The third-order valence-electron chi connectivity index (χ3n) is 5.00. The molecule has 1 fully saturated rings. The maximum Gasteiger partial charge on any atom is 0.263 e. The summed E-state index contributed by atoms with van der Waals surface area (Å²) < 4.78 is 0. The number of aryl methyl sites for hydroxylation is 4. The molecule has 6 nitrogen and oxygen atoms in total. The summed E-state index contributed by atoms with van der Waals surface area (Å²) in [5.41, 5.74) is 5.64. The van der Waals surface area contributed by atoms with Crippen molar-refractivity contribution in [3.8, 4) is 0 Å². The molecular weight excluding hydrogens is 328 g/mol. The van der Waals surface area contributed by atoms with Gasteiger partial charge in [-0.2, -0.15) is 5.11 Å². The van der Waals surface area contributed by atoms with E-state index in [1.165, 1.54) is 4.90 Å². The number of hydrogen-bond acceptors (Lipinski definition) is 5. The SMILES string of the molecule is Cc1cc(C)cc(N2C(=O)C3N=NN(c4ccc(C)c(C)c4)C3C2=O)c1. The monoisotopic (exact) mass is 348 g/mol. The molecule has 2 aliphatic heterocycles. The summed E-state index contributed by atoms with van der Waals surface area (Å²) in [6, 6.07) is 10.1. The van der Waals surface area contributed by atoms with Crippen molar-refractivity contribution in [2.75, 3.05) is 9.91 Å². The second-order valence-corrected chi connectivity index (χ2v) is 7.07. The normalized spacial score (nSPS) is 21.7. The first kappa shape index (κ1) is 16.4. The summed E-state index contributed by atoms with van der Waals surface area (Å²) in [6.45, 7) is 7.93. The molecule has 2 aromatic carbocycles. The molecule has 0 spiro atoms. The van der Waals surface area contributed by atoms with Crippen LogP contribution in [0.2, 0.25) is 0 Å². The van der Waals surface area contributed by atoms with Crippen molar-refractivity contribution in [2.24, 2.45) is 10.3 Å². The summed E-state index contributed by atoms with van der Waals surface area (Å²) >= 11 is 0. The van der Waals surface area contributed by atoms with Crippen molar-refractivity contribution in [1.82, 2.24) is 0 Å². The fraction of sp³-hybridized carbons (Fsp3) is 0.300. The first-order chi connectivity index (χ1) is 12.4. The minimum absolute atomic E-state index is 0.284. The standard InChI is InChI=1S/C20H20N4O2/c1-11-7-12(2)9-16(8-11)23-19(25)17-18(20(23)26)24(22-21-17)15-6-5-13(3)14(4)10-15/h5-10,17-18H,1-4H3. The maximum absolute atomic E-state index is 13.1. The highest BCUT2D eigenvalue weighted by atomic mass is 16.2. The first-order valence-electron chi connectivity index (χ1n) is 8.60. The van der Waals surface area contributed by atoms with Crippen LogP contribution in [0, 0.1) is 27.7 Å². The van der Waals surface area contributed by atoms with Crippen LogP contribution in [-0.2, 0) is 9.59 Å². The quantitative estimate of drug-likeness (QED) is 0.781. The van der Waals surface area contributed by atoms with E-state index < -0.39 is 12.1 Å². The second kappa shape index (κ2) is 5.76. The van der Waals surface area contributed by atoms with E-state index in [0.717, 1.165) is 27.9 Å². The topological polar surface area (TPSA) is 65.3 Å². The van der Waals surface area contributed by atoms with E-state index in [9.17, 15) is 9.59 Å². The molecule has 2 aromatic rings. The molecule has 0 N–H and O–H groups in total. The van der Waals surface area contributed by atoms with E-state index in [1.807, 2.05) is 64.1 Å². The van der Waals surface area contributed by atoms with Gasteiger partial charge < -0.3 is 0 Å². The van der Waals surface area contributed by atoms with Crippen molar-refractivity contribution in [1.29, 1.82) is 0 Å². The Morgan fingerprint density at radius 2 is 1.50 bits per heavy atom. The molecule has 2 amide bonds. The number of fused-ring (bicyclic) bond motifs is 1. The third kappa shape index (κ3) is 2.41. The first-order valence-corrected chi connectivity index (χ1v) is 8.60. The zero-order chi connectivity index (χ0) is 18.6. The lowest BCUT2D eigenvalue weighted by Gasteiger charge is -2.21. The molecule has 2 atom stereocenters. The van der Waals surface area contributed by atoms with Gasteiger partial charge in [0.25, 0.3) is 11.8 Å². The molecule has 0 aliphatic carbocycles. The van der Waals surface area contributed by atoms with E-state index in [0.29, 0.717) is 5.69 Å². The molecule has 4 rings (SSSR count). The van der Waals surface area contributed by atoms with Crippen LogP contribution in [0.5, 0.6) is 0 Å². The summed E-state index contributed by atoms with van der Waals surface area (Å²) in [4.78, 5) is 27.2. The second-order valence-electron chi connectivity index (χ2n) is 7.07. The van der Waals surface area contributed by atoms with Crippen LogP contribution in [-0.4, -0.2) is 23.9 Å². The summed E-state index contributed by atoms with van der Waals surface area (Å²) in [6.07, 6.45) is 0. The van der Waals surface area contributed by atoms with Crippen LogP contribution in [0.1, 0.15) is 22.3 Å². The average molecular weight is 348 g/mol. The van der Waals surface area contributed by atoms with Gasteiger partial charge in [0.05, 0.1) is 11.4 Å². The summed E-state index contributed by atoms with van der Waals surface area (Å²) in [5.74, 6) is -0.603. The zero-order valence-electron chi connectivity index (χ0n) is 15.2. The predicted octanol–water partition coefficient (Wildman–Crippen LogP) is 3.42. The average Bonchev–Trinajstić information content (AvgIpc) is 3.10. The van der Waals surface area contributed by atoms with Gasteiger partial charge in [0, 0.05) is 0 Å². The van der Waals surface area contributed by atoms with Gasteiger partial charge in [0.15, 0.2) is 12.1 Å². The van der Waals surface area contributed by atoms with Crippen LogP contribution in [0.25, 0.3) is 0 Å². The largest absolute Gasteiger partial charge is 0.271 e. The molecule has 2 heterocycles. The van der Waals surface area contributed by atoms with Crippen molar-refractivity contribution in [3.63, 3.8) is 0 Å². The highest BCUT2D eigenvalue weighted by molar-refractivity contribution is 6.26. The fourth-order valence-electron chi connectivity index (χ4n) is 3.58.